The molecule has 0 saturated heterocycles. The standard InChI is InChI=1S/C23H26N2O6/c1-16-12-17(4-7-22(16)26)20-14-21(25(27)15-24-20)19-6-5-18(30-10-8-28-2)13-23(19)31-11-9-29-3/h4-7,12-15,27H,8-11H2,1-3H3. The summed E-state index contributed by atoms with van der Waals surface area (Å²) in [6.07, 6.45) is 8.05. The number of allylic oxidation sites excluding steroid dienone is 6. The van der Waals surface area contributed by atoms with Gasteiger partial charge in [-0.2, -0.15) is 0 Å². The predicted molar refractivity (Wildman–Crippen MR) is 116 cm³/mol. The van der Waals surface area contributed by atoms with Crippen molar-refractivity contribution >= 4 is 17.8 Å². The molecule has 0 amide bonds. The first-order chi connectivity index (χ1) is 15.0. The summed E-state index contributed by atoms with van der Waals surface area (Å²) in [5.74, 6) is 1.11. The molecule has 0 atom stereocenters. The number of rotatable bonds is 9. The highest BCUT2D eigenvalue weighted by atomic mass is 16.5. The lowest BCUT2D eigenvalue weighted by atomic mass is 9.99. The Morgan fingerprint density at radius 2 is 1.74 bits per heavy atom. The van der Waals surface area contributed by atoms with Crippen LogP contribution in [0, 0.1) is 0 Å². The predicted octanol–water partition coefficient (Wildman–Crippen LogP) is 3.15. The number of nitrogens with zero attached hydrogens (tertiary/aromatic N) is 2. The number of hydrogen-bond acceptors (Lipinski definition) is 8. The highest BCUT2D eigenvalue weighted by Gasteiger charge is 2.20. The van der Waals surface area contributed by atoms with Crippen molar-refractivity contribution in [3.8, 4) is 11.5 Å². The molecular weight excluding hydrogens is 400 g/mol. The Labute approximate surface area is 181 Å². The van der Waals surface area contributed by atoms with Gasteiger partial charge in [-0.1, -0.05) is 0 Å². The SMILES string of the molecule is COCCOc1ccc(C2=CC(=C3C=CC(=O)C(C)=C3)N=CN2O)c(OCCOC)c1. The van der Waals surface area contributed by atoms with E-state index >= 15 is 0 Å². The Hall–Kier alpha value is -3.20. The van der Waals surface area contributed by atoms with Crippen molar-refractivity contribution in [2.24, 2.45) is 4.99 Å². The molecule has 0 aromatic heterocycles. The van der Waals surface area contributed by atoms with E-state index in [1.807, 2.05) is 6.07 Å². The number of ketones is 1. The van der Waals surface area contributed by atoms with Crippen LogP contribution in [0.3, 0.4) is 0 Å². The van der Waals surface area contributed by atoms with Gasteiger partial charge in [0.15, 0.2) is 5.78 Å². The lowest BCUT2D eigenvalue weighted by Gasteiger charge is -2.23. The Balaban J connectivity index is 1.97. The Morgan fingerprint density at radius 3 is 2.45 bits per heavy atom. The Bertz CT molecular complexity index is 974. The summed E-state index contributed by atoms with van der Waals surface area (Å²) in [5.41, 5.74) is 3.15. The maximum atomic E-state index is 11.7. The van der Waals surface area contributed by atoms with Crippen molar-refractivity contribution in [1.29, 1.82) is 0 Å². The van der Waals surface area contributed by atoms with Crippen LogP contribution < -0.4 is 9.47 Å². The summed E-state index contributed by atoms with van der Waals surface area (Å²) in [7, 11) is 3.21. The van der Waals surface area contributed by atoms with E-state index in [0.29, 0.717) is 60.5 Å². The lowest BCUT2D eigenvalue weighted by molar-refractivity contribution is -0.111. The van der Waals surface area contributed by atoms with Gasteiger partial charge in [0.1, 0.15) is 31.1 Å². The third-order valence-electron chi connectivity index (χ3n) is 4.63. The van der Waals surface area contributed by atoms with Crippen LogP contribution in [0.25, 0.3) is 5.70 Å². The van der Waals surface area contributed by atoms with Crippen molar-refractivity contribution in [2.75, 3.05) is 40.6 Å². The van der Waals surface area contributed by atoms with E-state index in [0.717, 1.165) is 10.6 Å². The topological polar surface area (TPSA) is 89.8 Å². The molecule has 1 heterocycles. The van der Waals surface area contributed by atoms with Gasteiger partial charge in [0, 0.05) is 31.4 Å². The fraction of sp³-hybridized carbons (Fsp3) is 0.304. The first-order valence-electron chi connectivity index (χ1n) is 9.80. The summed E-state index contributed by atoms with van der Waals surface area (Å²) in [5, 5.41) is 11.4. The average Bonchev–Trinajstić information content (AvgIpc) is 2.77. The number of methoxy groups -OCH3 is 2. The normalized spacial score (nSPS) is 18.2. The van der Waals surface area contributed by atoms with E-state index in [4.69, 9.17) is 18.9 Å². The molecule has 0 radical (unpaired) electrons. The number of benzene rings is 1. The minimum atomic E-state index is -0.0324. The molecule has 1 N–H and O–H groups in total. The zero-order valence-corrected chi connectivity index (χ0v) is 17.8. The second-order valence-corrected chi connectivity index (χ2v) is 6.82. The van der Waals surface area contributed by atoms with Gasteiger partial charge in [0.2, 0.25) is 0 Å². The second-order valence-electron chi connectivity index (χ2n) is 6.82. The lowest BCUT2D eigenvalue weighted by Crippen LogP contribution is -2.20. The van der Waals surface area contributed by atoms with Crippen LogP contribution >= 0.6 is 0 Å². The molecule has 0 spiro atoms. The molecule has 3 rings (SSSR count). The van der Waals surface area contributed by atoms with Crippen molar-refractivity contribution in [1.82, 2.24) is 5.06 Å². The van der Waals surface area contributed by atoms with E-state index in [1.54, 1.807) is 51.5 Å². The van der Waals surface area contributed by atoms with E-state index in [1.165, 1.54) is 12.4 Å². The summed E-state index contributed by atoms with van der Waals surface area (Å²) < 4.78 is 21.7. The summed E-state index contributed by atoms with van der Waals surface area (Å²) in [4.78, 5) is 16.0. The quantitative estimate of drug-likeness (QED) is 0.607. The van der Waals surface area contributed by atoms with Gasteiger partial charge in [-0.05, 0) is 48.9 Å². The van der Waals surface area contributed by atoms with Gasteiger partial charge < -0.3 is 18.9 Å². The molecule has 0 bridgehead atoms. The molecule has 8 heteroatoms. The van der Waals surface area contributed by atoms with Crippen LogP contribution in [0.2, 0.25) is 0 Å². The monoisotopic (exact) mass is 426 g/mol. The number of hydrogen-bond donors (Lipinski definition) is 1. The number of carbonyl (C=O) groups is 1. The van der Waals surface area contributed by atoms with E-state index in [2.05, 4.69) is 4.99 Å². The fourth-order valence-electron chi connectivity index (χ4n) is 2.98. The van der Waals surface area contributed by atoms with Crippen molar-refractivity contribution in [2.45, 2.75) is 6.92 Å². The summed E-state index contributed by atoms with van der Waals surface area (Å²) >= 11 is 0. The van der Waals surface area contributed by atoms with Crippen LogP contribution in [-0.2, 0) is 14.3 Å². The first kappa shape index (κ1) is 22.5. The van der Waals surface area contributed by atoms with Gasteiger partial charge in [-0.25, -0.2) is 10.1 Å². The number of hydroxylamine groups is 2. The molecule has 0 saturated carbocycles. The zero-order chi connectivity index (χ0) is 22.2. The molecule has 31 heavy (non-hydrogen) atoms. The molecule has 1 aromatic carbocycles. The molecular formula is C23H26N2O6. The van der Waals surface area contributed by atoms with Crippen LogP contribution in [0.5, 0.6) is 11.5 Å². The van der Waals surface area contributed by atoms with Crippen LogP contribution in [0.4, 0.5) is 0 Å². The number of aliphatic imine (C=N–C) groups is 1. The number of ether oxygens (including phenoxy) is 4. The van der Waals surface area contributed by atoms with Gasteiger partial charge in [0.25, 0.3) is 0 Å². The second kappa shape index (κ2) is 10.7. The average molecular weight is 426 g/mol. The van der Waals surface area contributed by atoms with E-state index < -0.39 is 0 Å². The Morgan fingerprint density at radius 1 is 1.00 bits per heavy atom. The molecule has 8 nitrogen and oxygen atoms in total. The first-order valence-corrected chi connectivity index (χ1v) is 9.80. The number of carbonyl (C=O) groups excluding carboxylic acids is 1. The van der Waals surface area contributed by atoms with Gasteiger partial charge >= 0.3 is 0 Å². The summed E-state index contributed by atoms with van der Waals surface area (Å²) in [6.45, 7) is 3.37. The molecule has 2 aliphatic rings. The maximum absolute atomic E-state index is 11.7. The van der Waals surface area contributed by atoms with Gasteiger partial charge in [-0.15, -0.1) is 0 Å². The molecule has 164 valence electrons. The van der Waals surface area contributed by atoms with Crippen LogP contribution in [0.1, 0.15) is 12.5 Å². The van der Waals surface area contributed by atoms with Crippen molar-refractivity contribution < 1.29 is 28.9 Å². The molecule has 1 aromatic rings. The maximum Gasteiger partial charge on any atom is 0.181 e. The largest absolute Gasteiger partial charge is 0.491 e. The smallest absolute Gasteiger partial charge is 0.181 e. The molecule has 0 unspecified atom stereocenters. The third kappa shape index (κ3) is 5.69. The molecule has 1 aliphatic heterocycles. The zero-order valence-electron chi connectivity index (χ0n) is 17.8. The highest BCUT2D eigenvalue weighted by Crippen LogP contribution is 2.34. The molecule has 1 aliphatic carbocycles. The van der Waals surface area contributed by atoms with Crippen LogP contribution in [0.15, 0.2) is 64.3 Å². The van der Waals surface area contributed by atoms with E-state index in [9.17, 15) is 10.0 Å². The minimum absolute atomic E-state index is 0.0324. The molecule has 0 fully saturated rings. The highest BCUT2D eigenvalue weighted by molar-refractivity contribution is 6.05. The van der Waals surface area contributed by atoms with Crippen LogP contribution in [-0.4, -0.2) is 63.0 Å². The minimum Gasteiger partial charge on any atom is -0.491 e. The Kier molecular flexibility index (Phi) is 7.77. The van der Waals surface area contributed by atoms with Gasteiger partial charge in [-0.3, -0.25) is 10.0 Å². The van der Waals surface area contributed by atoms with E-state index in [-0.39, 0.29) is 5.78 Å². The third-order valence-corrected chi connectivity index (χ3v) is 4.63. The summed E-state index contributed by atoms with van der Waals surface area (Å²) in [6, 6.07) is 5.36. The fourth-order valence-corrected chi connectivity index (χ4v) is 2.98. The van der Waals surface area contributed by atoms with Crippen molar-refractivity contribution in [3.05, 3.63) is 64.9 Å². The van der Waals surface area contributed by atoms with Crippen molar-refractivity contribution in [3.63, 3.8) is 0 Å². The van der Waals surface area contributed by atoms with Gasteiger partial charge in [0.05, 0.1) is 24.6 Å².